The second-order valence-corrected chi connectivity index (χ2v) is 6.40. The Morgan fingerprint density at radius 1 is 1.29 bits per heavy atom. The first-order valence-corrected chi connectivity index (χ1v) is 7.40. The molecule has 1 unspecified atom stereocenters. The number of fused-ring (bicyclic) bond motifs is 1. The molecule has 3 heteroatoms. The van der Waals surface area contributed by atoms with Crippen LogP contribution in [0.3, 0.4) is 0 Å². The second-order valence-electron chi connectivity index (χ2n) is 4.73. The Morgan fingerprint density at radius 3 is 2.76 bits per heavy atom. The predicted molar refractivity (Wildman–Crippen MR) is 77.0 cm³/mol. The Labute approximate surface area is 112 Å². The van der Waals surface area contributed by atoms with Gasteiger partial charge in [-0.2, -0.15) is 0 Å². The largest absolute Gasteiger partial charge is 0.241 e. The van der Waals surface area contributed by atoms with Gasteiger partial charge < -0.3 is 0 Å². The Morgan fingerprint density at radius 2 is 2.06 bits per heavy atom. The lowest BCUT2D eigenvalue weighted by molar-refractivity contribution is 0.547. The normalized spacial score (nSPS) is 13.4. The minimum Gasteiger partial charge on any atom is -0.241 e. The summed E-state index contributed by atoms with van der Waals surface area (Å²) in [6, 6.07) is 8.32. The van der Waals surface area contributed by atoms with Crippen molar-refractivity contribution in [3.05, 3.63) is 29.3 Å². The van der Waals surface area contributed by atoms with Gasteiger partial charge in [-0.3, -0.25) is 0 Å². The van der Waals surface area contributed by atoms with E-state index in [2.05, 4.69) is 37.0 Å². The van der Waals surface area contributed by atoms with Gasteiger partial charge in [-0.05, 0) is 37.3 Å². The summed E-state index contributed by atoms with van der Waals surface area (Å²) in [7, 11) is 0. The average Bonchev–Trinajstić information content (AvgIpc) is 2.71. The lowest BCUT2D eigenvalue weighted by Gasteiger charge is -2.11. The number of hydrogen-bond acceptors (Lipinski definition) is 2. The van der Waals surface area contributed by atoms with Gasteiger partial charge in [0.1, 0.15) is 0 Å². The van der Waals surface area contributed by atoms with Gasteiger partial charge in [0.2, 0.25) is 0 Å². The van der Waals surface area contributed by atoms with Crippen LogP contribution in [0.25, 0.3) is 10.2 Å². The molecule has 0 amide bonds. The third-order valence-corrected chi connectivity index (χ3v) is 4.75. The standard InChI is InChI=1S/C14H18ClNS/c1-10(2)11(15)6-5-9-14-16-12-7-3-4-8-13(12)17-14/h3-4,7-8,10-11H,5-6,9H2,1-2H3. The summed E-state index contributed by atoms with van der Waals surface area (Å²) < 4.78 is 1.29. The molecule has 1 aromatic carbocycles. The molecule has 92 valence electrons. The molecule has 1 aromatic heterocycles. The van der Waals surface area contributed by atoms with Crippen molar-refractivity contribution in [2.45, 2.75) is 38.5 Å². The van der Waals surface area contributed by atoms with E-state index >= 15 is 0 Å². The zero-order valence-electron chi connectivity index (χ0n) is 10.3. The quantitative estimate of drug-likeness (QED) is 0.704. The van der Waals surface area contributed by atoms with Crippen molar-refractivity contribution in [1.29, 1.82) is 0 Å². The monoisotopic (exact) mass is 267 g/mol. The van der Waals surface area contributed by atoms with E-state index in [0.717, 1.165) is 24.8 Å². The van der Waals surface area contributed by atoms with Crippen molar-refractivity contribution in [2.75, 3.05) is 0 Å². The first-order chi connectivity index (χ1) is 8.16. The third-order valence-electron chi connectivity index (χ3n) is 2.93. The molecule has 0 spiro atoms. The topological polar surface area (TPSA) is 12.9 Å². The lowest BCUT2D eigenvalue weighted by Crippen LogP contribution is -2.07. The van der Waals surface area contributed by atoms with E-state index in [1.165, 1.54) is 9.71 Å². The SMILES string of the molecule is CC(C)C(Cl)CCCc1nc2ccccc2s1. The van der Waals surface area contributed by atoms with Gasteiger partial charge in [-0.25, -0.2) is 4.98 Å². The van der Waals surface area contributed by atoms with Crippen LogP contribution in [0.4, 0.5) is 0 Å². The number of thiazole rings is 1. The molecular formula is C14H18ClNS. The highest BCUT2D eigenvalue weighted by Crippen LogP contribution is 2.24. The molecule has 17 heavy (non-hydrogen) atoms. The van der Waals surface area contributed by atoms with Crippen LogP contribution in [-0.4, -0.2) is 10.4 Å². The molecule has 2 aromatic rings. The molecule has 0 saturated carbocycles. The molecular weight excluding hydrogens is 250 g/mol. The Hall–Kier alpha value is -0.600. The van der Waals surface area contributed by atoms with E-state index in [9.17, 15) is 0 Å². The molecule has 0 aliphatic carbocycles. The van der Waals surface area contributed by atoms with Gasteiger partial charge >= 0.3 is 0 Å². The third kappa shape index (κ3) is 3.43. The molecule has 0 radical (unpaired) electrons. The van der Waals surface area contributed by atoms with E-state index in [4.69, 9.17) is 11.6 Å². The Bertz CT molecular complexity index is 445. The van der Waals surface area contributed by atoms with Crippen LogP contribution < -0.4 is 0 Å². The number of aryl methyl sites for hydroxylation is 1. The van der Waals surface area contributed by atoms with Crippen molar-refractivity contribution in [3.63, 3.8) is 0 Å². The molecule has 0 aliphatic rings. The fourth-order valence-corrected chi connectivity index (χ4v) is 2.97. The Kier molecular flexibility index (Phi) is 4.41. The zero-order chi connectivity index (χ0) is 12.3. The highest BCUT2D eigenvalue weighted by Gasteiger charge is 2.10. The van der Waals surface area contributed by atoms with Crippen molar-refractivity contribution >= 4 is 33.2 Å². The van der Waals surface area contributed by atoms with Crippen molar-refractivity contribution < 1.29 is 0 Å². The minimum absolute atomic E-state index is 0.296. The summed E-state index contributed by atoms with van der Waals surface area (Å²) in [5, 5.41) is 1.53. The first kappa shape index (κ1) is 12.8. The van der Waals surface area contributed by atoms with E-state index in [1.54, 1.807) is 11.3 Å². The van der Waals surface area contributed by atoms with Gasteiger partial charge in [-0.15, -0.1) is 22.9 Å². The summed E-state index contributed by atoms with van der Waals surface area (Å²) in [5.41, 5.74) is 1.12. The number of rotatable bonds is 5. The molecule has 0 saturated heterocycles. The van der Waals surface area contributed by atoms with Gasteiger partial charge in [0.05, 0.1) is 15.2 Å². The molecule has 2 rings (SSSR count). The fourth-order valence-electron chi connectivity index (χ4n) is 1.81. The summed E-state index contributed by atoms with van der Waals surface area (Å²) in [6.45, 7) is 4.35. The lowest BCUT2D eigenvalue weighted by atomic mass is 10.0. The van der Waals surface area contributed by atoms with Crippen LogP contribution in [0.2, 0.25) is 0 Å². The maximum absolute atomic E-state index is 6.24. The molecule has 1 heterocycles. The van der Waals surface area contributed by atoms with Crippen LogP contribution >= 0.6 is 22.9 Å². The van der Waals surface area contributed by atoms with Crippen LogP contribution in [0.1, 0.15) is 31.7 Å². The second kappa shape index (κ2) is 5.83. The van der Waals surface area contributed by atoms with Crippen LogP contribution in [0.15, 0.2) is 24.3 Å². The van der Waals surface area contributed by atoms with Gasteiger partial charge in [-0.1, -0.05) is 26.0 Å². The number of hydrogen-bond donors (Lipinski definition) is 0. The molecule has 0 N–H and O–H groups in total. The van der Waals surface area contributed by atoms with Gasteiger partial charge in [0, 0.05) is 5.38 Å². The molecule has 1 atom stereocenters. The highest BCUT2D eigenvalue weighted by molar-refractivity contribution is 7.18. The van der Waals surface area contributed by atoms with E-state index in [1.807, 2.05) is 6.07 Å². The maximum Gasteiger partial charge on any atom is 0.0938 e. The predicted octanol–water partition coefficient (Wildman–Crippen LogP) is 4.88. The number of alkyl halides is 1. The summed E-state index contributed by atoms with van der Waals surface area (Å²) in [4.78, 5) is 4.63. The molecule has 0 aliphatic heterocycles. The fraction of sp³-hybridized carbons (Fsp3) is 0.500. The smallest absolute Gasteiger partial charge is 0.0938 e. The van der Waals surface area contributed by atoms with Gasteiger partial charge in [0.15, 0.2) is 0 Å². The van der Waals surface area contributed by atoms with Crippen molar-refractivity contribution in [3.8, 4) is 0 Å². The van der Waals surface area contributed by atoms with E-state index in [-0.39, 0.29) is 0 Å². The van der Waals surface area contributed by atoms with Crippen LogP contribution in [0.5, 0.6) is 0 Å². The number of halogens is 1. The summed E-state index contributed by atoms with van der Waals surface area (Å²) in [5.74, 6) is 0.562. The van der Waals surface area contributed by atoms with E-state index < -0.39 is 0 Å². The van der Waals surface area contributed by atoms with Crippen molar-refractivity contribution in [1.82, 2.24) is 4.98 Å². The maximum atomic E-state index is 6.24. The van der Waals surface area contributed by atoms with Gasteiger partial charge in [0.25, 0.3) is 0 Å². The Balaban J connectivity index is 1.91. The average molecular weight is 268 g/mol. The molecule has 1 nitrogen and oxygen atoms in total. The number of benzene rings is 1. The van der Waals surface area contributed by atoms with Crippen LogP contribution in [-0.2, 0) is 6.42 Å². The zero-order valence-corrected chi connectivity index (χ0v) is 11.9. The van der Waals surface area contributed by atoms with Crippen LogP contribution in [0, 0.1) is 5.92 Å². The highest BCUT2D eigenvalue weighted by atomic mass is 35.5. The summed E-state index contributed by atoms with van der Waals surface area (Å²) >= 11 is 8.05. The van der Waals surface area contributed by atoms with Crippen molar-refractivity contribution in [2.24, 2.45) is 5.92 Å². The molecule has 0 bridgehead atoms. The number of para-hydroxylation sites is 1. The summed E-state index contributed by atoms with van der Waals surface area (Å²) in [6.07, 6.45) is 3.26. The number of aromatic nitrogens is 1. The van der Waals surface area contributed by atoms with E-state index in [0.29, 0.717) is 11.3 Å². The minimum atomic E-state index is 0.296. The molecule has 0 fully saturated rings. The first-order valence-electron chi connectivity index (χ1n) is 6.15. The number of nitrogens with zero attached hydrogens (tertiary/aromatic N) is 1.